The standard InChI is InChI=1S/C26H32O/c1-3-5-19-27-20-22-9-13-24(14-10-22)26-17-15-25(16-18-26)23-11-7-21(6-4-2)8-12-23/h3-4,7-14,25-26H,1-2,5-6,15-20H2. The summed E-state index contributed by atoms with van der Waals surface area (Å²) in [5.41, 5.74) is 5.62. The van der Waals surface area contributed by atoms with Crippen LogP contribution in [-0.4, -0.2) is 6.61 Å². The number of ether oxygens (including phenoxy) is 1. The van der Waals surface area contributed by atoms with Crippen LogP contribution in [0.15, 0.2) is 73.8 Å². The Morgan fingerprint density at radius 2 is 1.26 bits per heavy atom. The first-order chi connectivity index (χ1) is 13.3. The summed E-state index contributed by atoms with van der Waals surface area (Å²) in [6.45, 7) is 8.99. The average molecular weight is 361 g/mol. The Morgan fingerprint density at radius 1 is 0.741 bits per heavy atom. The van der Waals surface area contributed by atoms with Crippen molar-refractivity contribution in [3.05, 3.63) is 96.1 Å². The van der Waals surface area contributed by atoms with Gasteiger partial charge in [0.15, 0.2) is 0 Å². The normalized spacial score (nSPS) is 19.6. The fourth-order valence-corrected chi connectivity index (χ4v) is 4.10. The molecule has 27 heavy (non-hydrogen) atoms. The maximum atomic E-state index is 5.66. The number of hydrogen-bond donors (Lipinski definition) is 0. The van der Waals surface area contributed by atoms with Gasteiger partial charge in [-0.2, -0.15) is 0 Å². The van der Waals surface area contributed by atoms with Crippen molar-refractivity contribution < 1.29 is 4.74 Å². The largest absolute Gasteiger partial charge is 0.376 e. The Kier molecular flexibility index (Phi) is 7.47. The summed E-state index contributed by atoms with van der Waals surface area (Å²) in [5, 5.41) is 0. The Bertz CT molecular complexity index is 703. The minimum Gasteiger partial charge on any atom is -0.376 e. The van der Waals surface area contributed by atoms with Crippen molar-refractivity contribution in [2.24, 2.45) is 0 Å². The van der Waals surface area contributed by atoms with Crippen LogP contribution in [0.4, 0.5) is 0 Å². The van der Waals surface area contributed by atoms with Gasteiger partial charge in [0, 0.05) is 0 Å². The lowest BCUT2D eigenvalue weighted by molar-refractivity contribution is 0.125. The predicted molar refractivity (Wildman–Crippen MR) is 115 cm³/mol. The Hall–Kier alpha value is -2.12. The Labute approximate surface area is 164 Å². The van der Waals surface area contributed by atoms with Crippen LogP contribution in [0.2, 0.25) is 0 Å². The minimum atomic E-state index is 0.697. The third-order valence-corrected chi connectivity index (χ3v) is 5.74. The summed E-state index contributed by atoms with van der Waals surface area (Å²) >= 11 is 0. The highest BCUT2D eigenvalue weighted by Gasteiger charge is 2.23. The van der Waals surface area contributed by atoms with Gasteiger partial charge in [0.1, 0.15) is 0 Å². The van der Waals surface area contributed by atoms with Gasteiger partial charge in [-0.15, -0.1) is 13.2 Å². The highest BCUT2D eigenvalue weighted by Crippen LogP contribution is 2.40. The highest BCUT2D eigenvalue weighted by molar-refractivity contribution is 5.29. The SMILES string of the molecule is C=CCCOCc1ccc(C2CCC(c3ccc(CC=C)cc3)CC2)cc1. The van der Waals surface area contributed by atoms with Crippen molar-refractivity contribution in [2.75, 3.05) is 6.61 Å². The second kappa shape index (κ2) is 10.3. The van der Waals surface area contributed by atoms with Gasteiger partial charge in [0.25, 0.3) is 0 Å². The van der Waals surface area contributed by atoms with E-state index in [0.717, 1.165) is 25.4 Å². The van der Waals surface area contributed by atoms with Gasteiger partial charge < -0.3 is 4.74 Å². The lowest BCUT2D eigenvalue weighted by atomic mass is 9.76. The van der Waals surface area contributed by atoms with Gasteiger partial charge in [-0.05, 0) is 72.6 Å². The fraction of sp³-hybridized carbons (Fsp3) is 0.385. The van der Waals surface area contributed by atoms with Crippen molar-refractivity contribution in [3.63, 3.8) is 0 Å². The number of rotatable bonds is 9. The van der Waals surface area contributed by atoms with Crippen LogP contribution < -0.4 is 0 Å². The highest BCUT2D eigenvalue weighted by atomic mass is 16.5. The van der Waals surface area contributed by atoms with Gasteiger partial charge in [-0.1, -0.05) is 60.7 Å². The van der Waals surface area contributed by atoms with Gasteiger partial charge in [0.2, 0.25) is 0 Å². The van der Waals surface area contributed by atoms with Gasteiger partial charge >= 0.3 is 0 Å². The van der Waals surface area contributed by atoms with Crippen molar-refractivity contribution in [1.29, 1.82) is 0 Å². The van der Waals surface area contributed by atoms with E-state index in [4.69, 9.17) is 4.74 Å². The van der Waals surface area contributed by atoms with E-state index in [2.05, 4.69) is 61.7 Å². The molecule has 1 nitrogen and oxygen atoms in total. The van der Waals surface area contributed by atoms with E-state index < -0.39 is 0 Å². The number of allylic oxidation sites excluding steroid dienone is 1. The zero-order valence-electron chi connectivity index (χ0n) is 16.4. The molecule has 0 radical (unpaired) electrons. The zero-order chi connectivity index (χ0) is 18.9. The monoisotopic (exact) mass is 360 g/mol. The molecule has 1 saturated carbocycles. The molecule has 0 heterocycles. The van der Waals surface area contributed by atoms with Crippen LogP contribution in [0.3, 0.4) is 0 Å². The molecule has 0 aliphatic heterocycles. The van der Waals surface area contributed by atoms with Crippen molar-refractivity contribution in [1.82, 2.24) is 0 Å². The maximum absolute atomic E-state index is 5.66. The fourth-order valence-electron chi connectivity index (χ4n) is 4.10. The van der Waals surface area contributed by atoms with Crippen LogP contribution in [-0.2, 0) is 17.8 Å². The van der Waals surface area contributed by atoms with E-state index in [1.54, 1.807) is 0 Å². The topological polar surface area (TPSA) is 9.23 Å². The van der Waals surface area contributed by atoms with Crippen LogP contribution in [0.25, 0.3) is 0 Å². The summed E-state index contributed by atoms with van der Waals surface area (Å²) in [4.78, 5) is 0. The molecule has 1 aliphatic rings. The van der Waals surface area contributed by atoms with Crippen LogP contribution >= 0.6 is 0 Å². The molecule has 0 N–H and O–H groups in total. The van der Waals surface area contributed by atoms with E-state index in [1.165, 1.54) is 47.9 Å². The van der Waals surface area contributed by atoms with E-state index in [1.807, 2.05) is 12.2 Å². The number of benzene rings is 2. The summed E-state index contributed by atoms with van der Waals surface area (Å²) in [7, 11) is 0. The Morgan fingerprint density at radius 3 is 1.74 bits per heavy atom. The van der Waals surface area contributed by atoms with E-state index in [9.17, 15) is 0 Å². The third-order valence-electron chi connectivity index (χ3n) is 5.74. The average Bonchev–Trinajstić information content (AvgIpc) is 2.73. The van der Waals surface area contributed by atoms with Gasteiger partial charge in [-0.3, -0.25) is 0 Å². The molecule has 3 rings (SSSR count). The molecular weight excluding hydrogens is 328 g/mol. The molecule has 2 aromatic carbocycles. The summed E-state index contributed by atoms with van der Waals surface area (Å²) in [6, 6.07) is 18.2. The van der Waals surface area contributed by atoms with Crippen molar-refractivity contribution in [2.45, 2.75) is 57.0 Å². The molecule has 1 fully saturated rings. The van der Waals surface area contributed by atoms with Crippen LogP contribution in [0, 0.1) is 0 Å². The van der Waals surface area contributed by atoms with E-state index >= 15 is 0 Å². The molecule has 142 valence electrons. The summed E-state index contributed by atoms with van der Waals surface area (Å²) in [5.74, 6) is 1.42. The molecule has 0 unspecified atom stereocenters. The molecule has 0 atom stereocenters. The maximum Gasteiger partial charge on any atom is 0.0717 e. The summed E-state index contributed by atoms with van der Waals surface area (Å²) < 4.78 is 5.66. The molecule has 0 bridgehead atoms. The smallest absolute Gasteiger partial charge is 0.0717 e. The second-order valence-electron chi connectivity index (χ2n) is 7.65. The third kappa shape index (κ3) is 5.68. The first-order valence-electron chi connectivity index (χ1n) is 10.3. The molecule has 2 aromatic rings. The van der Waals surface area contributed by atoms with E-state index in [0.29, 0.717) is 12.5 Å². The second-order valence-corrected chi connectivity index (χ2v) is 7.65. The first-order valence-corrected chi connectivity index (χ1v) is 10.3. The van der Waals surface area contributed by atoms with Gasteiger partial charge in [-0.25, -0.2) is 0 Å². The molecule has 0 aromatic heterocycles. The van der Waals surface area contributed by atoms with Crippen molar-refractivity contribution in [3.8, 4) is 0 Å². The van der Waals surface area contributed by atoms with Crippen LogP contribution in [0.5, 0.6) is 0 Å². The first kappa shape index (κ1) is 19.6. The quantitative estimate of drug-likeness (QED) is 0.347. The minimum absolute atomic E-state index is 0.697. The molecule has 0 amide bonds. The van der Waals surface area contributed by atoms with E-state index in [-0.39, 0.29) is 0 Å². The molecular formula is C26H32O. The zero-order valence-corrected chi connectivity index (χ0v) is 16.4. The lowest BCUT2D eigenvalue weighted by Crippen LogP contribution is -2.12. The predicted octanol–water partition coefficient (Wildman–Crippen LogP) is 6.95. The lowest BCUT2D eigenvalue weighted by Gasteiger charge is -2.29. The molecule has 0 spiro atoms. The number of hydrogen-bond acceptors (Lipinski definition) is 1. The van der Waals surface area contributed by atoms with Crippen LogP contribution in [0.1, 0.15) is 66.2 Å². The summed E-state index contributed by atoms with van der Waals surface area (Å²) in [6.07, 6.45) is 10.9. The molecule has 0 saturated heterocycles. The molecule has 1 heteroatoms. The Balaban J connectivity index is 1.49. The van der Waals surface area contributed by atoms with Crippen molar-refractivity contribution >= 4 is 0 Å². The molecule has 1 aliphatic carbocycles. The van der Waals surface area contributed by atoms with Gasteiger partial charge in [0.05, 0.1) is 13.2 Å².